The second kappa shape index (κ2) is 5.41. The van der Waals surface area contributed by atoms with Crippen molar-refractivity contribution in [3.8, 4) is 0 Å². The summed E-state index contributed by atoms with van der Waals surface area (Å²) < 4.78 is 1.06. The van der Waals surface area contributed by atoms with Crippen LogP contribution in [0.25, 0.3) is 10.8 Å². The Labute approximate surface area is 123 Å². The van der Waals surface area contributed by atoms with Crippen molar-refractivity contribution in [2.75, 3.05) is 0 Å². The minimum absolute atomic E-state index is 0.534. The number of fused-ring (bicyclic) bond motifs is 1. The average Bonchev–Trinajstić information content (AvgIpc) is 2.83. The molecule has 1 aromatic carbocycles. The highest BCUT2D eigenvalue weighted by Crippen LogP contribution is 2.30. The molecule has 4 heteroatoms. The fourth-order valence-corrected chi connectivity index (χ4v) is 3.71. The maximum atomic E-state index is 10.5. The van der Waals surface area contributed by atoms with Gasteiger partial charge in [0.15, 0.2) is 0 Å². The van der Waals surface area contributed by atoms with Gasteiger partial charge in [-0.25, -0.2) is 0 Å². The van der Waals surface area contributed by atoms with Gasteiger partial charge >= 0.3 is 0 Å². The molecule has 2 nitrogen and oxygen atoms in total. The van der Waals surface area contributed by atoms with Gasteiger partial charge in [-0.05, 0) is 32.8 Å². The molecule has 3 rings (SSSR count). The van der Waals surface area contributed by atoms with Crippen molar-refractivity contribution < 1.29 is 5.11 Å². The minimum Gasteiger partial charge on any atom is -0.388 e. The van der Waals surface area contributed by atoms with Crippen LogP contribution in [-0.2, 0) is 6.42 Å². The summed E-state index contributed by atoms with van der Waals surface area (Å²) in [5.41, 5.74) is 0.887. The molecule has 0 bridgehead atoms. The van der Waals surface area contributed by atoms with Crippen molar-refractivity contribution in [3.05, 3.63) is 63.0 Å². The standard InChI is InChI=1S/C15H12BrNOS/c16-13-5-6-19-15(13)7-14(18)12-9-17-8-10-3-1-2-4-11(10)12/h1-6,8-9,14,18H,7H2. The summed E-state index contributed by atoms with van der Waals surface area (Å²) in [7, 11) is 0. The van der Waals surface area contributed by atoms with Crippen LogP contribution in [0, 0.1) is 0 Å². The zero-order valence-electron chi connectivity index (χ0n) is 10.1. The van der Waals surface area contributed by atoms with E-state index in [0.29, 0.717) is 6.42 Å². The molecule has 0 saturated carbocycles. The van der Waals surface area contributed by atoms with Crippen LogP contribution < -0.4 is 0 Å². The predicted octanol–water partition coefficient (Wildman–Crippen LogP) is 4.33. The molecular formula is C15H12BrNOS. The fourth-order valence-electron chi connectivity index (χ4n) is 2.16. The lowest BCUT2D eigenvalue weighted by molar-refractivity contribution is 0.180. The molecule has 0 saturated heterocycles. The summed E-state index contributed by atoms with van der Waals surface area (Å²) in [6, 6.07) is 10.0. The van der Waals surface area contributed by atoms with Crippen LogP contribution in [-0.4, -0.2) is 10.1 Å². The first-order valence-corrected chi connectivity index (χ1v) is 7.65. The number of rotatable bonds is 3. The third-order valence-electron chi connectivity index (χ3n) is 3.13. The van der Waals surface area contributed by atoms with Crippen molar-refractivity contribution in [2.45, 2.75) is 12.5 Å². The maximum absolute atomic E-state index is 10.5. The molecule has 1 N–H and O–H groups in total. The summed E-state index contributed by atoms with van der Waals surface area (Å²) >= 11 is 5.15. The van der Waals surface area contributed by atoms with Crippen molar-refractivity contribution in [3.63, 3.8) is 0 Å². The number of hydrogen-bond acceptors (Lipinski definition) is 3. The summed E-state index contributed by atoms with van der Waals surface area (Å²) in [4.78, 5) is 5.37. The van der Waals surface area contributed by atoms with Crippen LogP contribution >= 0.6 is 27.3 Å². The molecule has 0 aliphatic carbocycles. The smallest absolute Gasteiger partial charge is 0.0859 e. The zero-order chi connectivity index (χ0) is 13.2. The molecule has 19 heavy (non-hydrogen) atoms. The Kier molecular flexibility index (Phi) is 3.64. The first-order chi connectivity index (χ1) is 9.25. The monoisotopic (exact) mass is 333 g/mol. The highest BCUT2D eigenvalue weighted by molar-refractivity contribution is 9.10. The summed E-state index contributed by atoms with van der Waals surface area (Å²) in [5, 5.41) is 14.6. The quantitative estimate of drug-likeness (QED) is 0.773. The lowest BCUT2D eigenvalue weighted by Gasteiger charge is -2.12. The molecule has 0 spiro atoms. The number of hydrogen-bond donors (Lipinski definition) is 1. The van der Waals surface area contributed by atoms with E-state index in [4.69, 9.17) is 0 Å². The number of aliphatic hydroxyl groups excluding tert-OH is 1. The topological polar surface area (TPSA) is 33.1 Å². The van der Waals surface area contributed by atoms with Crippen LogP contribution in [0.4, 0.5) is 0 Å². The number of aromatic nitrogens is 1. The van der Waals surface area contributed by atoms with E-state index in [2.05, 4.69) is 20.9 Å². The van der Waals surface area contributed by atoms with Gasteiger partial charge in [-0.2, -0.15) is 0 Å². The summed E-state index contributed by atoms with van der Waals surface area (Å²) in [6.07, 6.45) is 3.66. The molecule has 0 aliphatic heterocycles. The molecule has 1 atom stereocenters. The molecule has 2 heterocycles. The molecule has 0 radical (unpaired) electrons. The van der Waals surface area contributed by atoms with E-state index in [9.17, 15) is 5.11 Å². The van der Waals surface area contributed by atoms with E-state index in [1.807, 2.05) is 41.9 Å². The first kappa shape index (κ1) is 12.8. The highest BCUT2D eigenvalue weighted by Gasteiger charge is 2.14. The molecule has 0 aliphatic rings. The van der Waals surface area contributed by atoms with Crippen molar-refractivity contribution in [1.82, 2.24) is 4.98 Å². The Bertz CT molecular complexity index is 705. The third-order valence-corrected chi connectivity index (χ3v) is 5.08. The third kappa shape index (κ3) is 2.56. The van der Waals surface area contributed by atoms with Gasteiger partial charge in [0.2, 0.25) is 0 Å². The molecule has 2 aromatic heterocycles. The van der Waals surface area contributed by atoms with E-state index in [1.54, 1.807) is 17.5 Å². The van der Waals surface area contributed by atoms with Crippen LogP contribution in [0.2, 0.25) is 0 Å². The largest absolute Gasteiger partial charge is 0.388 e. The van der Waals surface area contributed by atoms with Gasteiger partial charge < -0.3 is 5.11 Å². The van der Waals surface area contributed by atoms with Crippen LogP contribution in [0.3, 0.4) is 0 Å². The Morgan fingerprint density at radius 2 is 2.05 bits per heavy atom. The van der Waals surface area contributed by atoms with E-state index in [-0.39, 0.29) is 0 Å². The van der Waals surface area contributed by atoms with Crippen LogP contribution in [0.5, 0.6) is 0 Å². The number of nitrogens with zero attached hydrogens (tertiary/aromatic N) is 1. The lowest BCUT2D eigenvalue weighted by Crippen LogP contribution is -2.02. The normalized spacial score (nSPS) is 12.7. The number of aliphatic hydroxyl groups is 1. The molecule has 96 valence electrons. The van der Waals surface area contributed by atoms with Crippen LogP contribution in [0.1, 0.15) is 16.5 Å². The Hall–Kier alpha value is -1.23. The first-order valence-electron chi connectivity index (χ1n) is 5.98. The van der Waals surface area contributed by atoms with E-state index >= 15 is 0 Å². The Balaban J connectivity index is 1.98. The van der Waals surface area contributed by atoms with E-state index < -0.39 is 6.10 Å². The summed E-state index contributed by atoms with van der Waals surface area (Å²) in [5.74, 6) is 0. The van der Waals surface area contributed by atoms with Gasteiger partial charge in [0.05, 0.1) is 6.10 Å². The minimum atomic E-state index is -0.534. The molecule has 1 unspecified atom stereocenters. The second-order valence-corrected chi connectivity index (χ2v) is 6.22. The molecular weight excluding hydrogens is 322 g/mol. The van der Waals surface area contributed by atoms with Gasteiger partial charge in [-0.3, -0.25) is 4.98 Å². The highest BCUT2D eigenvalue weighted by atomic mass is 79.9. The van der Waals surface area contributed by atoms with E-state index in [0.717, 1.165) is 25.7 Å². The number of thiophene rings is 1. The molecule has 0 fully saturated rings. The SMILES string of the molecule is OC(Cc1sccc1Br)c1cncc2ccccc12. The molecule has 3 aromatic rings. The fraction of sp³-hybridized carbons (Fsp3) is 0.133. The van der Waals surface area contributed by atoms with Gasteiger partial charge in [0, 0.05) is 39.1 Å². The lowest BCUT2D eigenvalue weighted by atomic mass is 10.0. The predicted molar refractivity (Wildman–Crippen MR) is 82.4 cm³/mol. The molecule has 0 amide bonds. The van der Waals surface area contributed by atoms with Gasteiger partial charge in [0.25, 0.3) is 0 Å². The van der Waals surface area contributed by atoms with Gasteiger partial charge in [0.1, 0.15) is 0 Å². The average molecular weight is 334 g/mol. The van der Waals surface area contributed by atoms with Gasteiger partial charge in [-0.15, -0.1) is 11.3 Å². The number of halogens is 1. The number of pyridine rings is 1. The van der Waals surface area contributed by atoms with Crippen molar-refractivity contribution in [1.29, 1.82) is 0 Å². The second-order valence-electron chi connectivity index (χ2n) is 4.36. The summed E-state index contributed by atoms with van der Waals surface area (Å²) in [6.45, 7) is 0. The van der Waals surface area contributed by atoms with Gasteiger partial charge in [-0.1, -0.05) is 24.3 Å². The van der Waals surface area contributed by atoms with Crippen molar-refractivity contribution >= 4 is 38.0 Å². The Morgan fingerprint density at radius 3 is 2.84 bits per heavy atom. The number of benzene rings is 1. The van der Waals surface area contributed by atoms with E-state index in [1.165, 1.54) is 0 Å². The zero-order valence-corrected chi connectivity index (χ0v) is 12.5. The Morgan fingerprint density at radius 1 is 1.21 bits per heavy atom. The maximum Gasteiger partial charge on any atom is 0.0859 e. The van der Waals surface area contributed by atoms with Crippen molar-refractivity contribution in [2.24, 2.45) is 0 Å². The van der Waals surface area contributed by atoms with Crippen LogP contribution in [0.15, 0.2) is 52.6 Å².